The van der Waals surface area contributed by atoms with E-state index in [4.69, 9.17) is 5.11 Å². The molecular weight excluding hydrogens is 262 g/mol. The molecule has 1 fully saturated rings. The number of likely N-dealkylation sites (tertiary alicyclic amines) is 1. The van der Waals surface area contributed by atoms with Gasteiger partial charge in [0.15, 0.2) is 0 Å². The molecule has 2 N–H and O–H groups in total. The summed E-state index contributed by atoms with van der Waals surface area (Å²) in [6, 6.07) is 4.82. The fourth-order valence-electron chi connectivity index (χ4n) is 2.85. The van der Waals surface area contributed by atoms with Crippen LogP contribution in [0, 0.1) is 5.41 Å². The van der Waals surface area contributed by atoms with Crippen LogP contribution in [0.25, 0.3) is 0 Å². The van der Waals surface area contributed by atoms with Crippen molar-refractivity contribution >= 4 is 0 Å². The van der Waals surface area contributed by atoms with Crippen molar-refractivity contribution in [2.75, 3.05) is 26.2 Å². The quantitative estimate of drug-likeness (QED) is 0.807. The summed E-state index contributed by atoms with van der Waals surface area (Å²) in [4.78, 5) is 6.59. The molecule has 2 heterocycles. The summed E-state index contributed by atoms with van der Waals surface area (Å²) in [5.41, 5.74) is 1.53. The number of aliphatic hydroxyl groups excluding tert-OH is 1. The van der Waals surface area contributed by atoms with Gasteiger partial charge in [-0.25, -0.2) is 0 Å². The molecule has 2 rings (SSSR count). The highest BCUT2D eigenvalue weighted by Gasteiger charge is 2.22. The molecule has 4 nitrogen and oxygen atoms in total. The maximum atomic E-state index is 9.07. The molecule has 0 atom stereocenters. The van der Waals surface area contributed by atoms with Crippen LogP contribution >= 0.6 is 0 Å². The highest BCUT2D eigenvalue weighted by molar-refractivity contribution is 5.09. The highest BCUT2D eigenvalue weighted by atomic mass is 16.3. The van der Waals surface area contributed by atoms with E-state index in [0.29, 0.717) is 6.04 Å². The Balaban J connectivity index is 1.69. The third-order valence-corrected chi connectivity index (χ3v) is 4.40. The van der Waals surface area contributed by atoms with E-state index >= 15 is 0 Å². The predicted octanol–water partition coefficient (Wildman–Crippen LogP) is 2.04. The number of rotatable bonds is 7. The molecule has 0 saturated carbocycles. The average Bonchev–Trinajstić information content (AvgIpc) is 2.48. The van der Waals surface area contributed by atoms with Gasteiger partial charge in [0.1, 0.15) is 0 Å². The van der Waals surface area contributed by atoms with Crippen LogP contribution in [0.2, 0.25) is 0 Å². The lowest BCUT2D eigenvalue weighted by Crippen LogP contribution is -2.45. The highest BCUT2D eigenvalue weighted by Crippen LogP contribution is 2.20. The molecule has 0 spiro atoms. The smallest absolute Gasteiger partial charge is 0.0436 e. The molecule has 1 aromatic heterocycles. The van der Waals surface area contributed by atoms with Crippen LogP contribution in [0.1, 0.15) is 38.7 Å². The van der Waals surface area contributed by atoms with Crippen molar-refractivity contribution in [2.45, 2.75) is 45.7 Å². The molecule has 0 amide bonds. The van der Waals surface area contributed by atoms with Gasteiger partial charge in [-0.15, -0.1) is 0 Å². The molecule has 0 bridgehead atoms. The van der Waals surface area contributed by atoms with E-state index in [2.05, 4.69) is 41.2 Å². The van der Waals surface area contributed by atoms with E-state index in [0.717, 1.165) is 32.6 Å². The van der Waals surface area contributed by atoms with Crippen molar-refractivity contribution in [3.63, 3.8) is 0 Å². The average molecular weight is 291 g/mol. The van der Waals surface area contributed by atoms with Gasteiger partial charge in [0.25, 0.3) is 0 Å². The van der Waals surface area contributed by atoms with Gasteiger partial charge >= 0.3 is 0 Å². The molecule has 0 aliphatic carbocycles. The van der Waals surface area contributed by atoms with Crippen LogP contribution in [-0.4, -0.2) is 47.3 Å². The Labute approximate surface area is 128 Å². The van der Waals surface area contributed by atoms with Crippen molar-refractivity contribution in [1.29, 1.82) is 0 Å². The number of hydrogen-bond acceptors (Lipinski definition) is 4. The Hall–Kier alpha value is -0.970. The van der Waals surface area contributed by atoms with E-state index in [1.165, 1.54) is 18.4 Å². The molecule has 21 heavy (non-hydrogen) atoms. The van der Waals surface area contributed by atoms with E-state index in [9.17, 15) is 0 Å². The first kappa shape index (κ1) is 16.4. The van der Waals surface area contributed by atoms with Gasteiger partial charge in [0.05, 0.1) is 0 Å². The van der Waals surface area contributed by atoms with Crippen molar-refractivity contribution in [3.05, 3.63) is 30.1 Å². The summed E-state index contributed by atoms with van der Waals surface area (Å²) in [5.74, 6) is 0. The van der Waals surface area contributed by atoms with Crippen molar-refractivity contribution < 1.29 is 5.11 Å². The normalized spacial score (nSPS) is 18.0. The second-order valence-electron chi connectivity index (χ2n) is 6.92. The summed E-state index contributed by atoms with van der Waals surface area (Å²) < 4.78 is 0. The van der Waals surface area contributed by atoms with Crippen molar-refractivity contribution in [3.8, 4) is 0 Å². The van der Waals surface area contributed by atoms with Gasteiger partial charge in [0.2, 0.25) is 0 Å². The van der Waals surface area contributed by atoms with Gasteiger partial charge in [-0.1, -0.05) is 13.8 Å². The number of hydrogen-bond donors (Lipinski definition) is 2. The van der Waals surface area contributed by atoms with E-state index in [1.54, 1.807) is 0 Å². The number of aromatic nitrogens is 1. The molecular formula is C17H29N3O. The Morgan fingerprint density at radius 1 is 1.29 bits per heavy atom. The topological polar surface area (TPSA) is 48.4 Å². The first-order valence-corrected chi connectivity index (χ1v) is 8.04. The van der Waals surface area contributed by atoms with E-state index < -0.39 is 0 Å². The Morgan fingerprint density at radius 3 is 2.57 bits per heavy atom. The van der Waals surface area contributed by atoms with Crippen LogP contribution in [0.3, 0.4) is 0 Å². The third kappa shape index (κ3) is 5.73. The standard InChI is InChI=1S/C17H29N3O/c1-17(2,7-12-21)14-19-16-5-10-20(11-6-16)13-15-3-8-18-9-4-15/h3-4,8-9,16,19,21H,5-7,10-14H2,1-2H3. The second kappa shape index (κ2) is 7.87. The fourth-order valence-corrected chi connectivity index (χ4v) is 2.85. The van der Waals surface area contributed by atoms with Gasteiger partial charge in [-0.3, -0.25) is 9.88 Å². The van der Waals surface area contributed by atoms with Gasteiger partial charge in [-0.2, -0.15) is 0 Å². The minimum absolute atomic E-state index is 0.183. The van der Waals surface area contributed by atoms with Gasteiger partial charge in [0, 0.05) is 38.1 Å². The summed E-state index contributed by atoms with van der Waals surface area (Å²) in [7, 11) is 0. The largest absolute Gasteiger partial charge is 0.396 e. The SMILES string of the molecule is CC(C)(CCO)CNC1CCN(Cc2ccncc2)CC1. The molecule has 1 aliphatic rings. The van der Waals surface area contributed by atoms with Crippen LogP contribution in [0.5, 0.6) is 0 Å². The lowest BCUT2D eigenvalue weighted by Gasteiger charge is -2.34. The molecule has 0 aromatic carbocycles. The van der Waals surface area contributed by atoms with E-state index in [-0.39, 0.29) is 12.0 Å². The molecule has 1 aromatic rings. The molecule has 1 saturated heterocycles. The zero-order chi connectivity index (χ0) is 15.1. The molecule has 118 valence electrons. The Morgan fingerprint density at radius 2 is 1.95 bits per heavy atom. The van der Waals surface area contributed by atoms with Crippen molar-refractivity contribution in [1.82, 2.24) is 15.2 Å². The van der Waals surface area contributed by atoms with Crippen LogP contribution < -0.4 is 5.32 Å². The Bertz CT molecular complexity index is 400. The monoisotopic (exact) mass is 291 g/mol. The van der Waals surface area contributed by atoms with Gasteiger partial charge in [-0.05, 0) is 55.5 Å². The van der Waals surface area contributed by atoms with Crippen LogP contribution in [-0.2, 0) is 6.54 Å². The van der Waals surface area contributed by atoms with Crippen LogP contribution in [0.4, 0.5) is 0 Å². The summed E-state index contributed by atoms with van der Waals surface area (Å²) in [6.45, 7) is 9.04. The Kier molecular flexibility index (Phi) is 6.15. The number of piperidine rings is 1. The number of nitrogens with one attached hydrogen (secondary N) is 1. The molecule has 0 unspecified atom stereocenters. The summed E-state index contributed by atoms with van der Waals surface area (Å²) in [5, 5.41) is 12.8. The summed E-state index contributed by atoms with van der Waals surface area (Å²) >= 11 is 0. The summed E-state index contributed by atoms with van der Waals surface area (Å²) in [6.07, 6.45) is 7.02. The number of aliphatic hydroxyl groups is 1. The zero-order valence-electron chi connectivity index (χ0n) is 13.4. The maximum absolute atomic E-state index is 9.07. The minimum Gasteiger partial charge on any atom is -0.396 e. The van der Waals surface area contributed by atoms with Crippen molar-refractivity contribution in [2.24, 2.45) is 5.41 Å². The first-order chi connectivity index (χ1) is 10.1. The number of pyridine rings is 1. The van der Waals surface area contributed by atoms with Gasteiger partial charge < -0.3 is 10.4 Å². The molecule has 4 heteroatoms. The zero-order valence-corrected chi connectivity index (χ0v) is 13.4. The lowest BCUT2D eigenvalue weighted by atomic mass is 9.89. The van der Waals surface area contributed by atoms with Crippen LogP contribution in [0.15, 0.2) is 24.5 Å². The number of nitrogens with zero attached hydrogens (tertiary/aromatic N) is 2. The lowest BCUT2D eigenvalue weighted by molar-refractivity contribution is 0.168. The van der Waals surface area contributed by atoms with E-state index in [1.807, 2.05) is 12.4 Å². The molecule has 0 radical (unpaired) electrons. The second-order valence-corrected chi connectivity index (χ2v) is 6.92. The third-order valence-electron chi connectivity index (χ3n) is 4.40. The molecule has 1 aliphatic heterocycles. The first-order valence-electron chi connectivity index (χ1n) is 8.04. The maximum Gasteiger partial charge on any atom is 0.0436 e. The minimum atomic E-state index is 0.183. The fraction of sp³-hybridized carbons (Fsp3) is 0.706. The predicted molar refractivity (Wildman–Crippen MR) is 86.0 cm³/mol.